The highest BCUT2D eigenvalue weighted by atomic mass is 32.1. The van der Waals surface area contributed by atoms with E-state index in [1.165, 1.54) is 19.3 Å². The molecular formula is C10H16N2OS. The fourth-order valence-electron chi connectivity index (χ4n) is 1.80. The zero-order valence-electron chi connectivity index (χ0n) is 8.20. The molecule has 0 saturated carbocycles. The number of hydrogen-bond donors (Lipinski definition) is 2. The monoisotopic (exact) mass is 212 g/mol. The van der Waals surface area contributed by atoms with Crippen molar-refractivity contribution in [1.29, 1.82) is 0 Å². The fourth-order valence-corrected chi connectivity index (χ4v) is 2.64. The van der Waals surface area contributed by atoms with E-state index in [9.17, 15) is 0 Å². The maximum Gasteiger partial charge on any atom is 0.0951 e. The third kappa shape index (κ3) is 2.32. The first kappa shape index (κ1) is 10.1. The third-order valence-corrected chi connectivity index (χ3v) is 3.49. The first-order valence-electron chi connectivity index (χ1n) is 5.18. The predicted octanol–water partition coefficient (Wildman–Crippen LogP) is 1.49. The Hall–Kier alpha value is -0.450. The number of nitrogens with one attached hydrogen (secondary N) is 1. The molecule has 0 aliphatic carbocycles. The molecule has 3 nitrogen and oxygen atoms in total. The highest BCUT2D eigenvalue weighted by molar-refractivity contribution is 7.09. The van der Waals surface area contributed by atoms with Gasteiger partial charge in [-0.3, -0.25) is 0 Å². The summed E-state index contributed by atoms with van der Waals surface area (Å²) >= 11 is 1.66. The summed E-state index contributed by atoms with van der Waals surface area (Å²) < 4.78 is 0. The van der Waals surface area contributed by atoms with Gasteiger partial charge in [0, 0.05) is 18.4 Å². The molecule has 1 aliphatic heterocycles. The summed E-state index contributed by atoms with van der Waals surface area (Å²) in [4.78, 5) is 4.52. The Morgan fingerprint density at radius 2 is 2.50 bits per heavy atom. The van der Waals surface area contributed by atoms with Crippen molar-refractivity contribution in [3.63, 3.8) is 0 Å². The van der Waals surface area contributed by atoms with E-state index in [4.69, 9.17) is 5.11 Å². The van der Waals surface area contributed by atoms with Gasteiger partial charge in [-0.15, -0.1) is 11.3 Å². The summed E-state index contributed by atoms with van der Waals surface area (Å²) in [5, 5.41) is 15.4. The van der Waals surface area contributed by atoms with E-state index >= 15 is 0 Å². The van der Waals surface area contributed by atoms with Crippen LogP contribution in [0.1, 0.15) is 36.0 Å². The van der Waals surface area contributed by atoms with Gasteiger partial charge in [0.1, 0.15) is 0 Å². The molecule has 0 bridgehead atoms. The van der Waals surface area contributed by atoms with Crippen LogP contribution < -0.4 is 5.32 Å². The normalized spacial score (nSPS) is 22.5. The number of rotatable bonds is 3. The van der Waals surface area contributed by atoms with Crippen molar-refractivity contribution < 1.29 is 5.11 Å². The second-order valence-electron chi connectivity index (χ2n) is 3.64. The van der Waals surface area contributed by atoms with Gasteiger partial charge in [-0.05, 0) is 19.4 Å². The molecule has 0 amide bonds. The molecule has 0 radical (unpaired) electrons. The number of aliphatic hydroxyl groups is 1. The lowest BCUT2D eigenvalue weighted by molar-refractivity contribution is 0.299. The maximum absolute atomic E-state index is 8.79. The van der Waals surface area contributed by atoms with Gasteiger partial charge in [0.15, 0.2) is 0 Å². The minimum Gasteiger partial charge on any atom is -0.396 e. The van der Waals surface area contributed by atoms with Crippen LogP contribution >= 0.6 is 11.3 Å². The van der Waals surface area contributed by atoms with Crippen molar-refractivity contribution in [1.82, 2.24) is 10.3 Å². The average Bonchev–Trinajstić information content (AvgIpc) is 2.68. The summed E-state index contributed by atoms with van der Waals surface area (Å²) in [7, 11) is 0. The predicted molar refractivity (Wildman–Crippen MR) is 57.5 cm³/mol. The number of hydrogen-bond acceptors (Lipinski definition) is 4. The van der Waals surface area contributed by atoms with Gasteiger partial charge in [0.05, 0.1) is 16.7 Å². The fraction of sp³-hybridized carbons (Fsp3) is 0.700. The first-order chi connectivity index (χ1) is 6.90. The molecule has 4 heteroatoms. The number of aromatic nitrogens is 1. The molecule has 1 aromatic heterocycles. The van der Waals surface area contributed by atoms with Crippen LogP contribution in [0.5, 0.6) is 0 Å². The minimum absolute atomic E-state index is 0.199. The Kier molecular flexibility index (Phi) is 3.50. The molecule has 1 fully saturated rings. The SMILES string of the molecule is OCCc1nc(C2CCCCN2)cs1. The van der Waals surface area contributed by atoms with Gasteiger partial charge >= 0.3 is 0 Å². The lowest BCUT2D eigenvalue weighted by atomic mass is 10.0. The molecule has 0 aromatic carbocycles. The molecule has 0 spiro atoms. The molecule has 2 heterocycles. The standard InChI is InChI=1S/C10H16N2OS/c13-6-4-10-12-9(7-14-10)8-3-1-2-5-11-8/h7-8,11,13H,1-6H2. The Morgan fingerprint density at radius 3 is 3.21 bits per heavy atom. The molecule has 1 aromatic rings. The third-order valence-electron chi connectivity index (χ3n) is 2.56. The van der Waals surface area contributed by atoms with Crippen molar-refractivity contribution in [2.75, 3.05) is 13.2 Å². The van der Waals surface area contributed by atoms with Crippen LogP contribution in [-0.4, -0.2) is 23.2 Å². The van der Waals surface area contributed by atoms with E-state index in [2.05, 4.69) is 15.7 Å². The Bertz CT molecular complexity index is 281. The van der Waals surface area contributed by atoms with Gasteiger partial charge < -0.3 is 10.4 Å². The van der Waals surface area contributed by atoms with Gasteiger partial charge in [-0.2, -0.15) is 0 Å². The van der Waals surface area contributed by atoms with Crippen molar-refractivity contribution in [2.24, 2.45) is 0 Å². The van der Waals surface area contributed by atoms with Gasteiger partial charge in [-0.25, -0.2) is 4.98 Å². The number of aliphatic hydroxyl groups excluding tert-OH is 1. The van der Waals surface area contributed by atoms with Crippen molar-refractivity contribution in [2.45, 2.75) is 31.7 Å². The van der Waals surface area contributed by atoms with E-state index in [1.807, 2.05) is 0 Å². The van der Waals surface area contributed by atoms with E-state index in [0.29, 0.717) is 12.5 Å². The molecule has 14 heavy (non-hydrogen) atoms. The van der Waals surface area contributed by atoms with E-state index in [0.717, 1.165) is 17.2 Å². The topological polar surface area (TPSA) is 45.2 Å². The number of nitrogens with zero attached hydrogens (tertiary/aromatic N) is 1. The van der Waals surface area contributed by atoms with E-state index in [-0.39, 0.29) is 6.61 Å². The number of thiazole rings is 1. The Balaban J connectivity index is 2.00. The second kappa shape index (κ2) is 4.87. The maximum atomic E-state index is 8.79. The molecule has 1 saturated heterocycles. The lowest BCUT2D eigenvalue weighted by Gasteiger charge is -2.21. The van der Waals surface area contributed by atoms with Crippen LogP contribution in [0.15, 0.2) is 5.38 Å². The highest BCUT2D eigenvalue weighted by Crippen LogP contribution is 2.24. The second-order valence-corrected chi connectivity index (χ2v) is 4.58. The quantitative estimate of drug-likeness (QED) is 0.798. The Morgan fingerprint density at radius 1 is 1.57 bits per heavy atom. The van der Waals surface area contributed by atoms with Crippen molar-refractivity contribution in [3.05, 3.63) is 16.1 Å². The van der Waals surface area contributed by atoms with Crippen LogP contribution in [0.3, 0.4) is 0 Å². The molecule has 2 rings (SSSR count). The lowest BCUT2D eigenvalue weighted by Crippen LogP contribution is -2.26. The van der Waals surface area contributed by atoms with Gasteiger partial charge in [0.25, 0.3) is 0 Å². The molecule has 1 atom stereocenters. The van der Waals surface area contributed by atoms with Crippen LogP contribution in [-0.2, 0) is 6.42 Å². The summed E-state index contributed by atoms with van der Waals surface area (Å²) in [6.45, 7) is 1.31. The molecule has 2 N–H and O–H groups in total. The molecule has 1 aliphatic rings. The van der Waals surface area contributed by atoms with Crippen LogP contribution in [0.25, 0.3) is 0 Å². The largest absolute Gasteiger partial charge is 0.396 e. The minimum atomic E-state index is 0.199. The van der Waals surface area contributed by atoms with Crippen molar-refractivity contribution in [3.8, 4) is 0 Å². The summed E-state index contributed by atoms with van der Waals surface area (Å²) in [6, 6.07) is 0.451. The van der Waals surface area contributed by atoms with Crippen molar-refractivity contribution >= 4 is 11.3 Å². The molecular weight excluding hydrogens is 196 g/mol. The van der Waals surface area contributed by atoms with E-state index < -0.39 is 0 Å². The van der Waals surface area contributed by atoms with Gasteiger partial charge in [-0.1, -0.05) is 6.42 Å². The highest BCUT2D eigenvalue weighted by Gasteiger charge is 2.17. The zero-order valence-corrected chi connectivity index (χ0v) is 9.02. The smallest absolute Gasteiger partial charge is 0.0951 e. The van der Waals surface area contributed by atoms with Gasteiger partial charge in [0.2, 0.25) is 0 Å². The zero-order chi connectivity index (χ0) is 9.80. The first-order valence-corrected chi connectivity index (χ1v) is 6.06. The summed E-state index contributed by atoms with van der Waals surface area (Å²) in [5.74, 6) is 0. The molecule has 1 unspecified atom stereocenters. The number of piperidine rings is 1. The Labute approximate surface area is 88.2 Å². The average molecular weight is 212 g/mol. The molecule has 78 valence electrons. The van der Waals surface area contributed by atoms with E-state index in [1.54, 1.807) is 11.3 Å². The van der Waals surface area contributed by atoms with Crippen LogP contribution in [0.4, 0.5) is 0 Å². The van der Waals surface area contributed by atoms with Crippen LogP contribution in [0, 0.1) is 0 Å². The summed E-state index contributed by atoms with van der Waals surface area (Å²) in [6.07, 6.45) is 4.47. The van der Waals surface area contributed by atoms with Crippen LogP contribution in [0.2, 0.25) is 0 Å². The summed E-state index contributed by atoms with van der Waals surface area (Å²) in [5.41, 5.74) is 1.16.